The quantitative estimate of drug-likeness (QED) is 0.541. The van der Waals surface area contributed by atoms with Gasteiger partial charge in [-0.2, -0.15) is 0 Å². The van der Waals surface area contributed by atoms with Crippen LogP contribution in [0.3, 0.4) is 0 Å². The molecule has 4 rings (SSSR count). The molecular formula is C17H12. The standard InChI is InChI=1S/C17H12/c1-11-6-7-12-8-9-15-14-5-3-2-4-13(14)10-16(15)17(11)12/h2-10H,1H3. The van der Waals surface area contributed by atoms with Gasteiger partial charge in [-0.05, 0) is 50.6 Å². The van der Waals surface area contributed by atoms with Gasteiger partial charge in [-0.3, -0.25) is 0 Å². The molecule has 2 aliphatic rings. The molecule has 80 valence electrons. The van der Waals surface area contributed by atoms with Gasteiger partial charge in [0.1, 0.15) is 0 Å². The summed E-state index contributed by atoms with van der Waals surface area (Å²) in [5, 5.41) is 5.44. The lowest BCUT2D eigenvalue weighted by atomic mass is 10.0. The Hall–Kier alpha value is -2.08. The van der Waals surface area contributed by atoms with Crippen molar-refractivity contribution in [1.29, 1.82) is 0 Å². The fourth-order valence-corrected chi connectivity index (χ4v) is 2.92. The van der Waals surface area contributed by atoms with Crippen molar-refractivity contribution in [2.24, 2.45) is 0 Å². The Kier molecular flexibility index (Phi) is 1.58. The van der Waals surface area contributed by atoms with E-state index in [-0.39, 0.29) is 0 Å². The molecule has 0 bridgehead atoms. The number of benzene rings is 2. The van der Waals surface area contributed by atoms with Crippen LogP contribution >= 0.6 is 0 Å². The molecule has 0 radical (unpaired) electrons. The smallest absolute Gasteiger partial charge is 0.00757 e. The molecule has 0 aromatic heterocycles. The average molecular weight is 216 g/mol. The van der Waals surface area contributed by atoms with Gasteiger partial charge in [-0.25, -0.2) is 0 Å². The molecule has 0 heteroatoms. The molecule has 0 heterocycles. The first-order valence-corrected chi connectivity index (χ1v) is 5.98. The highest BCUT2D eigenvalue weighted by Crippen LogP contribution is 2.22. The van der Waals surface area contributed by atoms with E-state index in [0.29, 0.717) is 0 Å². The molecule has 2 aromatic rings. The maximum atomic E-state index is 2.32. The second-order valence-electron chi connectivity index (χ2n) is 4.74. The lowest BCUT2D eigenvalue weighted by Gasteiger charge is -2.03. The minimum atomic E-state index is 1.34. The largest absolute Gasteiger partial charge is 0.0616 e. The average Bonchev–Trinajstić information content (AvgIpc) is 2.90. The summed E-state index contributed by atoms with van der Waals surface area (Å²) in [6.07, 6.45) is 6.74. The van der Waals surface area contributed by atoms with E-state index in [4.69, 9.17) is 0 Å². The van der Waals surface area contributed by atoms with Gasteiger partial charge in [0.2, 0.25) is 0 Å². The minimum absolute atomic E-state index is 1.34. The Morgan fingerprint density at radius 2 is 1.65 bits per heavy atom. The van der Waals surface area contributed by atoms with Crippen LogP contribution in [-0.4, -0.2) is 0 Å². The summed E-state index contributed by atoms with van der Waals surface area (Å²) in [6.45, 7) is 2.19. The maximum Gasteiger partial charge on any atom is -0.00757 e. The van der Waals surface area contributed by atoms with Crippen LogP contribution in [0.15, 0.2) is 42.5 Å². The van der Waals surface area contributed by atoms with E-state index >= 15 is 0 Å². The fourth-order valence-electron chi connectivity index (χ4n) is 2.92. The summed E-state index contributed by atoms with van der Waals surface area (Å²) in [4.78, 5) is 0. The van der Waals surface area contributed by atoms with Gasteiger partial charge in [0, 0.05) is 0 Å². The number of hydrogen-bond acceptors (Lipinski definition) is 0. The molecule has 0 saturated heterocycles. The van der Waals surface area contributed by atoms with Gasteiger partial charge >= 0.3 is 0 Å². The van der Waals surface area contributed by atoms with Crippen molar-refractivity contribution in [3.05, 3.63) is 74.5 Å². The monoisotopic (exact) mass is 216 g/mol. The van der Waals surface area contributed by atoms with Crippen molar-refractivity contribution in [1.82, 2.24) is 0 Å². The van der Waals surface area contributed by atoms with Gasteiger partial charge < -0.3 is 0 Å². The highest BCUT2D eigenvalue weighted by atomic mass is 14.2. The van der Waals surface area contributed by atoms with Gasteiger partial charge in [0.25, 0.3) is 0 Å². The first-order chi connectivity index (χ1) is 8.34. The maximum absolute atomic E-state index is 2.32. The van der Waals surface area contributed by atoms with E-state index in [1.807, 2.05) is 0 Å². The molecule has 0 amide bonds. The topological polar surface area (TPSA) is 0 Å². The Morgan fingerprint density at radius 1 is 0.765 bits per heavy atom. The molecular weight excluding hydrogens is 204 g/mol. The third kappa shape index (κ3) is 1.07. The SMILES string of the molecule is CC1=CC=c2ccc3c(c21)C=c1ccccc1=3. The molecule has 0 unspecified atom stereocenters. The Balaban J connectivity index is 2.31. The second kappa shape index (κ2) is 2.98. The lowest BCUT2D eigenvalue weighted by molar-refractivity contribution is 1.43. The van der Waals surface area contributed by atoms with Crippen LogP contribution in [0.25, 0.3) is 17.7 Å². The summed E-state index contributed by atoms with van der Waals surface area (Å²) in [6, 6.07) is 13.1. The predicted molar refractivity (Wildman–Crippen MR) is 71.5 cm³/mol. The number of fused-ring (bicyclic) bond motifs is 4. The van der Waals surface area contributed by atoms with E-state index in [2.05, 4.69) is 61.5 Å². The van der Waals surface area contributed by atoms with Crippen molar-refractivity contribution in [2.75, 3.05) is 0 Å². The van der Waals surface area contributed by atoms with Gasteiger partial charge in [0.05, 0.1) is 0 Å². The van der Waals surface area contributed by atoms with Crippen LogP contribution in [-0.2, 0) is 0 Å². The van der Waals surface area contributed by atoms with Crippen molar-refractivity contribution in [3.63, 3.8) is 0 Å². The van der Waals surface area contributed by atoms with Crippen molar-refractivity contribution in [3.8, 4) is 0 Å². The van der Waals surface area contributed by atoms with Crippen LogP contribution in [0.1, 0.15) is 18.1 Å². The Labute approximate surface area is 99.5 Å². The Morgan fingerprint density at radius 3 is 2.59 bits per heavy atom. The first kappa shape index (κ1) is 9.00. The van der Waals surface area contributed by atoms with Crippen molar-refractivity contribution < 1.29 is 0 Å². The van der Waals surface area contributed by atoms with Crippen LogP contribution in [0.5, 0.6) is 0 Å². The molecule has 0 saturated carbocycles. The highest BCUT2D eigenvalue weighted by molar-refractivity contribution is 5.82. The van der Waals surface area contributed by atoms with E-state index in [1.165, 1.54) is 37.6 Å². The predicted octanol–water partition coefficient (Wildman–Crippen LogP) is 2.31. The third-order valence-corrected chi connectivity index (χ3v) is 3.74. The third-order valence-electron chi connectivity index (χ3n) is 3.74. The van der Waals surface area contributed by atoms with Crippen LogP contribution in [0, 0.1) is 10.4 Å². The summed E-state index contributed by atoms with van der Waals surface area (Å²) in [7, 11) is 0. The van der Waals surface area contributed by atoms with Gasteiger partial charge in [-0.1, -0.05) is 48.6 Å². The van der Waals surface area contributed by atoms with Crippen LogP contribution in [0.4, 0.5) is 0 Å². The molecule has 0 atom stereocenters. The Bertz CT molecular complexity index is 881. The van der Waals surface area contributed by atoms with Gasteiger partial charge in [0.15, 0.2) is 0 Å². The summed E-state index contributed by atoms with van der Waals surface area (Å²) < 4.78 is 0. The molecule has 0 fully saturated rings. The normalized spacial score (nSPS) is 14.3. The number of allylic oxidation sites excluding steroid dienone is 2. The second-order valence-corrected chi connectivity index (χ2v) is 4.74. The van der Waals surface area contributed by atoms with Crippen molar-refractivity contribution >= 4 is 17.7 Å². The molecule has 0 aliphatic heterocycles. The minimum Gasteiger partial charge on any atom is -0.0616 e. The zero-order chi connectivity index (χ0) is 11.4. The van der Waals surface area contributed by atoms with E-state index in [1.54, 1.807) is 0 Å². The number of hydrogen-bond donors (Lipinski definition) is 0. The van der Waals surface area contributed by atoms with Crippen LogP contribution in [0.2, 0.25) is 0 Å². The highest BCUT2D eigenvalue weighted by Gasteiger charge is 2.12. The van der Waals surface area contributed by atoms with E-state index in [9.17, 15) is 0 Å². The molecule has 0 spiro atoms. The molecule has 17 heavy (non-hydrogen) atoms. The summed E-state index contributed by atoms with van der Waals surface area (Å²) in [5.74, 6) is 0. The molecule has 0 nitrogen and oxygen atoms in total. The summed E-state index contributed by atoms with van der Waals surface area (Å²) in [5.41, 5.74) is 4.19. The number of rotatable bonds is 0. The zero-order valence-electron chi connectivity index (χ0n) is 9.70. The van der Waals surface area contributed by atoms with Crippen LogP contribution < -0.4 is 10.4 Å². The van der Waals surface area contributed by atoms with E-state index < -0.39 is 0 Å². The van der Waals surface area contributed by atoms with Crippen molar-refractivity contribution in [2.45, 2.75) is 6.92 Å². The van der Waals surface area contributed by atoms with E-state index in [0.717, 1.165) is 0 Å². The van der Waals surface area contributed by atoms with Gasteiger partial charge in [-0.15, -0.1) is 0 Å². The summed E-state index contributed by atoms with van der Waals surface area (Å²) >= 11 is 0. The fraction of sp³-hybridized carbons (Fsp3) is 0.0588. The molecule has 0 N–H and O–H groups in total. The molecule has 2 aliphatic carbocycles. The first-order valence-electron chi connectivity index (χ1n) is 5.98. The molecule has 2 aromatic carbocycles. The lowest BCUT2D eigenvalue weighted by Crippen LogP contribution is -2.05. The zero-order valence-corrected chi connectivity index (χ0v) is 9.70.